The Kier molecular flexibility index (Phi) is 10.3. The van der Waals surface area contributed by atoms with Gasteiger partial charge in [0.05, 0.1) is 0 Å². The summed E-state index contributed by atoms with van der Waals surface area (Å²) < 4.78 is 5.05. The second kappa shape index (κ2) is 10.4. The normalized spacial score (nSPS) is 13.4. The third-order valence-electron chi connectivity index (χ3n) is 2.78. The van der Waals surface area contributed by atoms with Crippen molar-refractivity contribution in [1.82, 2.24) is 10.2 Å². The van der Waals surface area contributed by atoms with E-state index in [1.54, 1.807) is 7.11 Å². The molecule has 0 aromatic heterocycles. The topological polar surface area (TPSA) is 24.5 Å². The van der Waals surface area contributed by atoms with Gasteiger partial charge in [-0.1, -0.05) is 6.92 Å². The van der Waals surface area contributed by atoms with Crippen LogP contribution in [0.15, 0.2) is 0 Å². The van der Waals surface area contributed by atoms with E-state index in [1.807, 2.05) is 0 Å². The van der Waals surface area contributed by atoms with Crippen molar-refractivity contribution in [3.63, 3.8) is 0 Å². The summed E-state index contributed by atoms with van der Waals surface area (Å²) in [6.07, 6.45) is 3.57. The molecular weight excluding hydrogens is 188 g/mol. The highest BCUT2D eigenvalue weighted by molar-refractivity contribution is 4.64. The molecule has 0 aliphatic heterocycles. The lowest BCUT2D eigenvalue weighted by Crippen LogP contribution is -2.33. The molecule has 0 aromatic carbocycles. The molecule has 1 atom stereocenters. The first kappa shape index (κ1) is 14.9. The lowest BCUT2D eigenvalue weighted by atomic mass is 10.2. The fraction of sp³-hybridized carbons (Fsp3) is 1.00. The quantitative estimate of drug-likeness (QED) is 0.563. The summed E-state index contributed by atoms with van der Waals surface area (Å²) in [5.41, 5.74) is 0. The van der Waals surface area contributed by atoms with E-state index in [-0.39, 0.29) is 0 Å². The van der Waals surface area contributed by atoms with Crippen LogP contribution >= 0.6 is 0 Å². The summed E-state index contributed by atoms with van der Waals surface area (Å²) in [7, 11) is 3.96. The van der Waals surface area contributed by atoms with Gasteiger partial charge in [0.2, 0.25) is 0 Å². The van der Waals surface area contributed by atoms with E-state index in [0.717, 1.165) is 32.7 Å². The zero-order valence-electron chi connectivity index (χ0n) is 10.9. The molecule has 0 heterocycles. The maximum absolute atomic E-state index is 5.05. The number of rotatable bonds is 10. The molecule has 15 heavy (non-hydrogen) atoms. The molecule has 0 saturated heterocycles. The van der Waals surface area contributed by atoms with E-state index in [0.29, 0.717) is 6.04 Å². The largest absolute Gasteiger partial charge is 0.385 e. The number of nitrogens with one attached hydrogen (secondary N) is 1. The van der Waals surface area contributed by atoms with E-state index in [1.165, 1.54) is 12.8 Å². The lowest BCUT2D eigenvalue weighted by Gasteiger charge is -2.24. The smallest absolute Gasteiger partial charge is 0.0474 e. The SMILES string of the molecule is CCCNCCC(C)N(C)CCCOC. The molecule has 0 rings (SSSR count). The van der Waals surface area contributed by atoms with Crippen molar-refractivity contribution in [3.8, 4) is 0 Å². The fourth-order valence-electron chi connectivity index (χ4n) is 1.51. The molecule has 0 spiro atoms. The molecule has 0 amide bonds. The minimum absolute atomic E-state index is 0.659. The van der Waals surface area contributed by atoms with Gasteiger partial charge in [-0.15, -0.1) is 0 Å². The van der Waals surface area contributed by atoms with Crippen molar-refractivity contribution in [2.75, 3.05) is 40.4 Å². The van der Waals surface area contributed by atoms with Crippen LogP contribution in [-0.4, -0.2) is 51.3 Å². The number of ether oxygens (including phenoxy) is 1. The second-order valence-corrected chi connectivity index (χ2v) is 4.21. The summed E-state index contributed by atoms with van der Waals surface area (Å²) in [6.45, 7) is 8.76. The van der Waals surface area contributed by atoms with Crippen LogP contribution in [0.25, 0.3) is 0 Å². The summed E-state index contributed by atoms with van der Waals surface area (Å²) in [5.74, 6) is 0. The number of methoxy groups -OCH3 is 1. The van der Waals surface area contributed by atoms with Crippen molar-refractivity contribution in [1.29, 1.82) is 0 Å². The Morgan fingerprint density at radius 1 is 1.33 bits per heavy atom. The second-order valence-electron chi connectivity index (χ2n) is 4.21. The van der Waals surface area contributed by atoms with Gasteiger partial charge in [0, 0.05) is 26.3 Å². The van der Waals surface area contributed by atoms with E-state index in [9.17, 15) is 0 Å². The van der Waals surface area contributed by atoms with Crippen LogP contribution in [-0.2, 0) is 4.74 Å². The molecule has 1 N–H and O–H groups in total. The molecule has 0 aromatic rings. The van der Waals surface area contributed by atoms with Gasteiger partial charge >= 0.3 is 0 Å². The van der Waals surface area contributed by atoms with E-state index < -0.39 is 0 Å². The molecule has 1 unspecified atom stereocenters. The van der Waals surface area contributed by atoms with Crippen molar-refractivity contribution in [2.45, 2.75) is 39.2 Å². The first-order chi connectivity index (χ1) is 7.22. The van der Waals surface area contributed by atoms with Crippen LogP contribution in [0.1, 0.15) is 33.1 Å². The molecular formula is C12H28N2O. The van der Waals surface area contributed by atoms with Crippen LogP contribution in [0.5, 0.6) is 0 Å². The Bertz CT molecular complexity index is 131. The molecule has 0 bridgehead atoms. The fourth-order valence-corrected chi connectivity index (χ4v) is 1.51. The zero-order valence-corrected chi connectivity index (χ0v) is 10.9. The Morgan fingerprint density at radius 3 is 2.67 bits per heavy atom. The Hall–Kier alpha value is -0.120. The number of hydrogen-bond donors (Lipinski definition) is 1. The Balaban J connectivity index is 3.38. The summed E-state index contributed by atoms with van der Waals surface area (Å²) in [4.78, 5) is 2.41. The van der Waals surface area contributed by atoms with Crippen molar-refractivity contribution >= 4 is 0 Å². The standard InChI is InChI=1S/C12H28N2O/c1-5-8-13-9-7-12(2)14(3)10-6-11-15-4/h12-13H,5-11H2,1-4H3. The van der Waals surface area contributed by atoms with Gasteiger partial charge in [-0.05, 0) is 46.3 Å². The van der Waals surface area contributed by atoms with Crippen molar-refractivity contribution in [2.24, 2.45) is 0 Å². The summed E-state index contributed by atoms with van der Waals surface area (Å²) in [6, 6.07) is 0.659. The summed E-state index contributed by atoms with van der Waals surface area (Å²) >= 11 is 0. The third-order valence-corrected chi connectivity index (χ3v) is 2.78. The predicted octanol–water partition coefficient (Wildman–Crippen LogP) is 1.73. The van der Waals surface area contributed by atoms with Gasteiger partial charge in [0.1, 0.15) is 0 Å². The molecule has 0 aliphatic rings. The first-order valence-corrected chi connectivity index (χ1v) is 6.12. The van der Waals surface area contributed by atoms with Gasteiger partial charge in [0.25, 0.3) is 0 Å². The first-order valence-electron chi connectivity index (χ1n) is 6.12. The van der Waals surface area contributed by atoms with Crippen LogP contribution < -0.4 is 5.32 Å². The third kappa shape index (κ3) is 8.85. The van der Waals surface area contributed by atoms with Crippen molar-refractivity contribution < 1.29 is 4.74 Å². The van der Waals surface area contributed by atoms with Gasteiger partial charge in [-0.3, -0.25) is 0 Å². The van der Waals surface area contributed by atoms with Gasteiger partial charge in [-0.25, -0.2) is 0 Å². The molecule has 92 valence electrons. The lowest BCUT2D eigenvalue weighted by molar-refractivity contribution is 0.166. The predicted molar refractivity (Wildman–Crippen MR) is 66.4 cm³/mol. The van der Waals surface area contributed by atoms with E-state index in [4.69, 9.17) is 4.74 Å². The highest BCUT2D eigenvalue weighted by atomic mass is 16.5. The molecule has 0 radical (unpaired) electrons. The van der Waals surface area contributed by atoms with Crippen molar-refractivity contribution in [3.05, 3.63) is 0 Å². The average molecular weight is 216 g/mol. The molecule has 0 fully saturated rings. The van der Waals surface area contributed by atoms with Gasteiger partial charge in [-0.2, -0.15) is 0 Å². The molecule has 3 heteroatoms. The summed E-state index contributed by atoms with van der Waals surface area (Å²) in [5, 5.41) is 3.44. The van der Waals surface area contributed by atoms with E-state index >= 15 is 0 Å². The van der Waals surface area contributed by atoms with E-state index in [2.05, 4.69) is 31.1 Å². The zero-order chi connectivity index (χ0) is 11.5. The highest BCUT2D eigenvalue weighted by Crippen LogP contribution is 2.01. The van der Waals surface area contributed by atoms with Crippen LogP contribution in [0.3, 0.4) is 0 Å². The monoisotopic (exact) mass is 216 g/mol. The minimum Gasteiger partial charge on any atom is -0.385 e. The van der Waals surface area contributed by atoms with Crippen LogP contribution in [0.2, 0.25) is 0 Å². The van der Waals surface area contributed by atoms with Gasteiger partial charge in [0.15, 0.2) is 0 Å². The molecule has 0 aliphatic carbocycles. The Labute approximate surface area is 95.2 Å². The maximum Gasteiger partial charge on any atom is 0.0474 e. The van der Waals surface area contributed by atoms with Crippen LogP contribution in [0.4, 0.5) is 0 Å². The Morgan fingerprint density at radius 2 is 2.07 bits per heavy atom. The van der Waals surface area contributed by atoms with Crippen LogP contribution in [0, 0.1) is 0 Å². The number of hydrogen-bond acceptors (Lipinski definition) is 3. The average Bonchev–Trinajstić information content (AvgIpc) is 2.24. The number of nitrogens with zero attached hydrogens (tertiary/aromatic N) is 1. The minimum atomic E-state index is 0.659. The molecule has 3 nitrogen and oxygen atoms in total. The van der Waals surface area contributed by atoms with Gasteiger partial charge < -0.3 is 15.0 Å². The maximum atomic E-state index is 5.05. The molecule has 0 saturated carbocycles. The highest BCUT2D eigenvalue weighted by Gasteiger charge is 2.07.